The minimum atomic E-state index is 0.0641. The van der Waals surface area contributed by atoms with Crippen molar-refractivity contribution in [2.24, 2.45) is 0 Å². The molecule has 0 aromatic carbocycles. The van der Waals surface area contributed by atoms with E-state index in [2.05, 4.69) is 10.2 Å². The van der Waals surface area contributed by atoms with Gasteiger partial charge in [-0.05, 0) is 38.3 Å². The van der Waals surface area contributed by atoms with E-state index in [-0.39, 0.29) is 18.1 Å². The molecular formula is C18H28N2O4. The summed E-state index contributed by atoms with van der Waals surface area (Å²) in [5.41, 5.74) is 0. The smallest absolute Gasteiger partial charge is 0.220 e. The Morgan fingerprint density at radius 2 is 2.17 bits per heavy atom. The van der Waals surface area contributed by atoms with E-state index in [1.165, 1.54) is 0 Å². The topological polar surface area (TPSA) is 63.9 Å². The van der Waals surface area contributed by atoms with Crippen LogP contribution in [-0.2, 0) is 14.3 Å². The normalized spacial score (nSPS) is 23.3. The Kier molecular flexibility index (Phi) is 6.29. The molecule has 2 aliphatic rings. The zero-order valence-corrected chi connectivity index (χ0v) is 14.5. The SMILES string of the molecule is Cc1ccc([C@H](CNC(=O)CC[C@H]2CCCO2)N2CCOCC2)o1. The van der Waals surface area contributed by atoms with Crippen LogP contribution in [0.1, 0.15) is 43.2 Å². The molecule has 2 atom stereocenters. The van der Waals surface area contributed by atoms with Crippen LogP contribution in [0, 0.1) is 6.92 Å². The number of rotatable bonds is 7. The first-order valence-corrected chi connectivity index (χ1v) is 8.99. The van der Waals surface area contributed by atoms with Gasteiger partial charge >= 0.3 is 0 Å². The summed E-state index contributed by atoms with van der Waals surface area (Å²) >= 11 is 0. The predicted molar refractivity (Wildman–Crippen MR) is 89.8 cm³/mol. The summed E-state index contributed by atoms with van der Waals surface area (Å²) in [5, 5.41) is 3.07. The van der Waals surface area contributed by atoms with Gasteiger partial charge in [0.25, 0.3) is 0 Å². The minimum absolute atomic E-state index is 0.0641. The molecule has 0 spiro atoms. The first-order chi connectivity index (χ1) is 11.7. The van der Waals surface area contributed by atoms with Gasteiger partial charge in [-0.3, -0.25) is 9.69 Å². The summed E-state index contributed by atoms with van der Waals surface area (Å²) in [6.45, 7) is 6.51. The highest BCUT2D eigenvalue weighted by molar-refractivity contribution is 5.75. The number of aryl methyl sites for hydroxylation is 1. The van der Waals surface area contributed by atoms with E-state index in [0.29, 0.717) is 13.0 Å². The predicted octanol–water partition coefficient (Wildman–Crippen LogP) is 2.04. The molecule has 0 aliphatic carbocycles. The molecule has 1 aromatic heterocycles. The van der Waals surface area contributed by atoms with Crippen LogP contribution in [0.3, 0.4) is 0 Å². The molecule has 24 heavy (non-hydrogen) atoms. The van der Waals surface area contributed by atoms with Gasteiger partial charge in [-0.25, -0.2) is 0 Å². The van der Waals surface area contributed by atoms with E-state index in [1.54, 1.807) is 0 Å². The van der Waals surface area contributed by atoms with E-state index in [9.17, 15) is 4.79 Å². The van der Waals surface area contributed by atoms with E-state index >= 15 is 0 Å². The number of morpholine rings is 1. The number of carbonyl (C=O) groups excluding carboxylic acids is 1. The van der Waals surface area contributed by atoms with Gasteiger partial charge in [0.15, 0.2) is 0 Å². The van der Waals surface area contributed by atoms with E-state index < -0.39 is 0 Å². The maximum atomic E-state index is 12.2. The van der Waals surface area contributed by atoms with E-state index in [1.807, 2.05) is 19.1 Å². The van der Waals surface area contributed by atoms with Crippen LogP contribution in [0.4, 0.5) is 0 Å². The van der Waals surface area contributed by atoms with Crippen molar-refractivity contribution in [3.8, 4) is 0 Å². The zero-order valence-electron chi connectivity index (χ0n) is 14.5. The average molecular weight is 336 g/mol. The van der Waals surface area contributed by atoms with E-state index in [0.717, 1.165) is 63.7 Å². The van der Waals surface area contributed by atoms with Crippen molar-refractivity contribution in [2.45, 2.75) is 44.8 Å². The van der Waals surface area contributed by atoms with Crippen molar-refractivity contribution in [3.63, 3.8) is 0 Å². The fourth-order valence-corrected chi connectivity index (χ4v) is 3.39. The third kappa shape index (κ3) is 4.82. The molecule has 2 aliphatic heterocycles. The van der Waals surface area contributed by atoms with Crippen molar-refractivity contribution in [1.82, 2.24) is 10.2 Å². The number of hydrogen-bond donors (Lipinski definition) is 1. The molecule has 2 saturated heterocycles. The summed E-state index contributed by atoms with van der Waals surface area (Å²) < 4.78 is 16.8. The largest absolute Gasteiger partial charge is 0.465 e. The monoisotopic (exact) mass is 336 g/mol. The average Bonchev–Trinajstić information content (AvgIpc) is 3.26. The molecule has 0 saturated carbocycles. The Morgan fingerprint density at radius 1 is 1.33 bits per heavy atom. The number of nitrogens with one attached hydrogen (secondary N) is 1. The van der Waals surface area contributed by atoms with Crippen LogP contribution in [-0.4, -0.2) is 56.4 Å². The van der Waals surface area contributed by atoms with Gasteiger partial charge in [0.1, 0.15) is 11.5 Å². The number of nitrogens with zero attached hydrogens (tertiary/aromatic N) is 1. The lowest BCUT2D eigenvalue weighted by Gasteiger charge is -2.33. The molecule has 1 amide bonds. The highest BCUT2D eigenvalue weighted by Gasteiger charge is 2.26. The van der Waals surface area contributed by atoms with Gasteiger partial charge in [-0.2, -0.15) is 0 Å². The summed E-state index contributed by atoms with van der Waals surface area (Å²) in [7, 11) is 0. The van der Waals surface area contributed by atoms with Crippen LogP contribution in [0.15, 0.2) is 16.5 Å². The van der Waals surface area contributed by atoms with Gasteiger partial charge in [-0.15, -0.1) is 0 Å². The summed E-state index contributed by atoms with van der Waals surface area (Å²) in [6.07, 6.45) is 3.79. The Bertz CT molecular complexity index is 519. The third-order valence-corrected chi connectivity index (χ3v) is 4.79. The molecular weight excluding hydrogens is 308 g/mol. The van der Waals surface area contributed by atoms with Crippen molar-refractivity contribution < 1.29 is 18.7 Å². The number of ether oxygens (including phenoxy) is 2. The Labute approximate surface area is 143 Å². The maximum absolute atomic E-state index is 12.2. The van der Waals surface area contributed by atoms with Gasteiger partial charge in [0.05, 0.1) is 25.4 Å². The van der Waals surface area contributed by atoms with Crippen molar-refractivity contribution in [1.29, 1.82) is 0 Å². The van der Waals surface area contributed by atoms with Gasteiger partial charge in [0, 0.05) is 32.7 Å². The lowest BCUT2D eigenvalue weighted by atomic mass is 10.1. The molecule has 6 nitrogen and oxygen atoms in total. The highest BCUT2D eigenvalue weighted by atomic mass is 16.5. The van der Waals surface area contributed by atoms with Crippen LogP contribution in [0.2, 0.25) is 0 Å². The van der Waals surface area contributed by atoms with Crippen LogP contribution in [0.5, 0.6) is 0 Å². The standard InChI is InChI=1S/C18H28N2O4/c1-14-4-6-17(24-14)16(20-8-11-22-12-9-20)13-19-18(21)7-5-15-3-2-10-23-15/h4,6,15-16H,2-3,5,7-13H2,1H3,(H,19,21)/t15-,16+/m1/s1. The van der Waals surface area contributed by atoms with Gasteiger partial charge in [-0.1, -0.05) is 0 Å². The fraction of sp³-hybridized carbons (Fsp3) is 0.722. The van der Waals surface area contributed by atoms with Crippen LogP contribution in [0.25, 0.3) is 0 Å². The quantitative estimate of drug-likeness (QED) is 0.825. The lowest BCUT2D eigenvalue weighted by Crippen LogP contribution is -2.43. The minimum Gasteiger partial charge on any atom is -0.465 e. The second-order valence-corrected chi connectivity index (χ2v) is 6.59. The van der Waals surface area contributed by atoms with Gasteiger partial charge in [0.2, 0.25) is 5.91 Å². The molecule has 2 fully saturated rings. The molecule has 134 valence electrons. The number of amides is 1. The molecule has 0 unspecified atom stereocenters. The van der Waals surface area contributed by atoms with Crippen molar-refractivity contribution >= 4 is 5.91 Å². The Balaban J connectivity index is 1.52. The highest BCUT2D eigenvalue weighted by Crippen LogP contribution is 2.23. The first kappa shape index (κ1) is 17.5. The third-order valence-electron chi connectivity index (χ3n) is 4.79. The van der Waals surface area contributed by atoms with Crippen molar-refractivity contribution in [2.75, 3.05) is 39.5 Å². The summed E-state index contributed by atoms with van der Waals surface area (Å²) in [6, 6.07) is 4.05. The van der Waals surface area contributed by atoms with Crippen LogP contribution < -0.4 is 5.32 Å². The molecule has 3 rings (SSSR count). The molecule has 1 aromatic rings. The second-order valence-electron chi connectivity index (χ2n) is 6.59. The zero-order chi connectivity index (χ0) is 16.8. The lowest BCUT2D eigenvalue weighted by molar-refractivity contribution is -0.122. The molecule has 0 radical (unpaired) electrons. The van der Waals surface area contributed by atoms with Gasteiger partial charge < -0.3 is 19.2 Å². The van der Waals surface area contributed by atoms with E-state index in [4.69, 9.17) is 13.9 Å². The first-order valence-electron chi connectivity index (χ1n) is 8.99. The molecule has 6 heteroatoms. The summed E-state index contributed by atoms with van der Waals surface area (Å²) in [5.74, 6) is 1.90. The van der Waals surface area contributed by atoms with Crippen molar-refractivity contribution in [3.05, 3.63) is 23.7 Å². The number of hydrogen-bond acceptors (Lipinski definition) is 5. The maximum Gasteiger partial charge on any atom is 0.220 e. The fourth-order valence-electron chi connectivity index (χ4n) is 3.39. The number of carbonyl (C=O) groups is 1. The molecule has 0 bridgehead atoms. The molecule has 1 N–H and O–H groups in total. The Morgan fingerprint density at radius 3 is 2.83 bits per heavy atom. The number of furan rings is 1. The molecule has 3 heterocycles. The second kappa shape index (κ2) is 8.65. The summed E-state index contributed by atoms with van der Waals surface area (Å²) in [4.78, 5) is 14.5. The Hall–Kier alpha value is -1.37. The van der Waals surface area contributed by atoms with Crippen LogP contribution >= 0.6 is 0 Å².